The van der Waals surface area contributed by atoms with Gasteiger partial charge in [-0.3, -0.25) is 0 Å². The van der Waals surface area contributed by atoms with Gasteiger partial charge in [-0.25, -0.2) is 0 Å². The van der Waals surface area contributed by atoms with Gasteiger partial charge in [-0.15, -0.1) is 5.56 Å². The van der Waals surface area contributed by atoms with Gasteiger partial charge >= 0.3 is 0 Å². The molecule has 2 heterocycles. The Labute approximate surface area is 124 Å². The molecule has 0 N–H and O–H groups in total. The average Bonchev–Trinajstić information content (AvgIpc) is 2.89. The van der Waals surface area contributed by atoms with Crippen molar-refractivity contribution < 1.29 is 20.1 Å². The van der Waals surface area contributed by atoms with E-state index < -0.39 is 0 Å². The second-order valence-corrected chi connectivity index (χ2v) is 4.81. The number of hydrogen-bond donors (Lipinski definition) is 0. The van der Waals surface area contributed by atoms with Gasteiger partial charge < -0.3 is 16.7 Å². The van der Waals surface area contributed by atoms with Crippen LogP contribution >= 0.6 is 11.8 Å². The third-order valence-electron chi connectivity index (χ3n) is 3.17. The standard InChI is InChI=1S/C15H9NS.Ir/c1-2-7-13-11(5-1)12-6-3-4-8-14(12)16-10-17-9-15(13)16;/h1-7,9-10H;/q-2;. The zero-order valence-corrected chi connectivity index (χ0v) is 12.6. The van der Waals surface area contributed by atoms with Gasteiger partial charge in [0, 0.05) is 25.8 Å². The van der Waals surface area contributed by atoms with Gasteiger partial charge in [-0.2, -0.15) is 30.1 Å². The Hall–Kier alpha value is -1.02. The van der Waals surface area contributed by atoms with Crippen molar-refractivity contribution in [3.63, 3.8) is 0 Å². The first kappa shape index (κ1) is 12.0. The molecule has 2 aliphatic rings. The van der Waals surface area contributed by atoms with Crippen LogP contribution in [-0.4, -0.2) is 0 Å². The summed E-state index contributed by atoms with van der Waals surface area (Å²) >= 11 is 1.73. The maximum Gasteiger partial charge on any atom is 0.0213 e. The zero-order chi connectivity index (χ0) is 11.2. The quantitative estimate of drug-likeness (QED) is 0.582. The summed E-state index contributed by atoms with van der Waals surface area (Å²) in [4.78, 5) is 2.22. The van der Waals surface area contributed by atoms with Gasteiger partial charge in [-0.05, 0) is 11.0 Å². The second-order valence-electron chi connectivity index (χ2n) is 4.09. The number of thioether (sulfide) groups is 1. The number of para-hydroxylation sites is 1. The first-order valence-corrected chi connectivity index (χ1v) is 6.48. The summed E-state index contributed by atoms with van der Waals surface area (Å²) < 4.78 is 0. The molecular weight excluding hydrogens is 418 g/mol. The third kappa shape index (κ3) is 1.58. The Morgan fingerprint density at radius 2 is 1.78 bits per heavy atom. The van der Waals surface area contributed by atoms with E-state index in [9.17, 15) is 0 Å². The smallest absolute Gasteiger partial charge is 0.0213 e. The fourth-order valence-corrected chi connectivity index (χ4v) is 3.19. The molecule has 18 heavy (non-hydrogen) atoms. The van der Waals surface area contributed by atoms with Crippen molar-refractivity contribution in [3.05, 3.63) is 65.4 Å². The van der Waals surface area contributed by atoms with Crippen molar-refractivity contribution in [1.29, 1.82) is 0 Å². The molecular formula is C15H9IrNS-2. The van der Waals surface area contributed by atoms with Gasteiger partial charge in [0.25, 0.3) is 0 Å². The molecule has 0 aromatic heterocycles. The summed E-state index contributed by atoms with van der Waals surface area (Å²) in [5.41, 5.74) is 6.29. The van der Waals surface area contributed by atoms with E-state index in [0.717, 1.165) is 5.69 Å². The number of nitrogens with zero attached hydrogens (tertiary/aromatic N) is 1. The van der Waals surface area contributed by atoms with E-state index in [0.29, 0.717) is 0 Å². The molecule has 91 valence electrons. The van der Waals surface area contributed by atoms with Crippen molar-refractivity contribution in [1.82, 2.24) is 0 Å². The van der Waals surface area contributed by atoms with E-state index in [1.807, 2.05) is 12.1 Å². The predicted octanol–water partition coefficient (Wildman–Crippen LogP) is 4.14. The van der Waals surface area contributed by atoms with E-state index in [4.69, 9.17) is 0 Å². The summed E-state index contributed by atoms with van der Waals surface area (Å²) in [6.07, 6.45) is 0. The second kappa shape index (κ2) is 4.58. The molecule has 0 saturated carbocycles. The molecule has 2 aliphatic heterocycles. The third-order valence-corrected chi connectivity index (χ3v) is 3.87. The van der Waals surface area contributed by atoms with Crippen LogP contribution in [0.1, 0.15) is 5.56 Å². The molecule has 2 aromatic rings. The minimum absolute atomic E-state index is 0. The van der Waals surface area contributed by atoms with Gasteiger partial charge in [-0.1, -0.05) is 35.5 Å². The molecule has 0 aliphatic carbocycles. The van der Waals surface area contributed by atoms with E-state index in [1.165, 1.54) is 22.4 Å². The number of rotatable bonds is 0. The molecule has 0 spiro atoms. The summed E-state index contributed by atoms with van der Waals surface area (Å²) in [5.74, 6) is 2.14. The SMILES string of the molecule is [Ir].[c-]1cccc2c1N1[CH-]SC=C1c1ccccc1-2. The van der Waals surface area contributed by atoms with Crippen molar-refractivity contribution in [2.24, 2.45) is 0 Å². The van der Waals surface area contributed by atoms with Crippen molar-refractivity contribution in [2.75, 3.05) is 4.90 Å². The zero-order valence-electron chi connectivity index (χ0n) is 9.38. The van der Waals surface area contributed by atoms with Crippen molar-refractivity contribution >= 4 is 23.1 Å². The Kier molecular flexibility index (Phi) is 3.06. The average molecular weight is 428 g/mol. The molecule has 0 bridgehead atoms. The Morgan fingerprint density at radius 1 is 1.00 bits per heavy atom. The molecule has 0 fully saturated rings. The van der Waals surface area contributed by atoms with E-state index in [1.54, 1.807) is 11.8 Å². The van der Waals surface area contributed by atoms with Crippen LogP contribution in [0.25, 0.3) is 16.8 Å². The predicted molar refractivity (Wildman–Crippen MR) is 73.1 cm³/mol. The largest absolute Gasteiger partial charge is 0.503 e. The van der Waals surface area contributed by atoms with Crippen LogP contribution in [0.2, 0.25) is 0 Å². The maximum absolute atomic E-state index is 3.34. The summed E-state index contributed by atoms with van der Waals surface area (Å²) in [6.45, 7) is 0. The first-order chi connectivity index (χ1) is 8.45. The minimum atomic E-state index is 0. The van der Waals surface area contributed by atoms with Crippen LogP contribution in [0.5, 0.6) is 0 Å². The van der Waals surface area contributed by atoms with Crippen molar-refractivity contribution in [2.45, 2.75) is 0 Å². The number of anilines is 1. The van der Waals surface area contributed by atoms with E-state index in [-0.39, 0.29) is 20.1 Å². The van der Waals surface area contributed by atoms with Crippen LogP contribution in [0.4, 0.5) is 5.69 Å². The Balaban J connectivity index is 0.000001000. The molecule has 0 saturated heterocycles. The molecule has 2 aromatic carbocycles. The monoisotopic (exact) mass is 428 g/mol. The fourth-order valence-electron chi connectivity index (χ4n) is 2.42. The van der Waals surface area contributed by atoms with Crippen LogP contribution in [0.3, 0.4) is 0 Å². The van der Waals surface area contributed by atoms with Crippen molar-refractivity contribution in [3.8, 4) is 11.1 Å². The normalized spacial score (nSPS) is 15.1. The molecule has 0 unspecified atom stereocenters. The van der Waals surface area contributed by atoms with Gasteiger partial charge in [0.1, 0.15) is 0 Å². The molecule has 1 nitrogen and oxygen atoms in total. The maximum atomic E-state index is 3.34. The number of benzene rings is 2. The summed E-state index contributed by atoms with van der Waals surface area (Å²) in [5, 5.41) is 2.20. The van der Waals surface area contributed by atoms with Gasteiger partial charge in [0.2, 0.25) is 0 Å². The van der Waals surface area contributed by atoms with Gasteiger partial charge in [0.15, 0.2) is 0 Å². The van der Waals surface area contributed by atoms with Crippen LogP contribution in [-0.2, 0) is 20.1 Å². The van der Waals surface area contributed by atoms with E-state index in [2.05, 4.69) is 52.6 Å². The molecule has 4 rings (SSSR count). The first-order valence-electron chi connectivity index (χ1n) is 5.54. The van der Waals surface area contributed by atoms with Crippen LogP contribution in [0.15, 0.2) is 47.9 Å². The fraction of sp³-hybridized carbons (Fsp3) is 0. The Morgan fingerprint density at radius 3 is 2.67 bits per heavy atom. The summed E-state index contributed by atoms with van der Waals surface area (Å²) in [7, 11) is 0. The topological polar surface area (TPSA) is 3.24 Å². The number of hydrogen-bond acceptors (Lipinski definition) is 2. The molecule has 1 radical (unpaired) electrons. The van der Waals surface area contributed by atoms with Gasteiger partial charge in [0.05, 0.1) is 0 Å². The Bertz CT molecular complexity index is 636. The molecule has 0 amide bonds. The van der Waals surface area contributed by atoms with Crippen LogP contribution < -0.4 is 4.90 Å². The van der Waals surface area contributed by atoms with E-state index >= 15 is 0 Å². The minimum Gasteiger partial charge on any atom is -0.503 e. The summed E-state index contributed by atoms with van der Waals surface area (Å²) in [6, 6.07) is 18.1. The molecule has 3 heteroatoms. The number of fused-ring (bicyclic) bond motifs is 6. The van der Waals surface area contributed by atoms with Crippen LogP contribution in [0, 0.1) is 11.9 Å². The molecule has 0 atom stereocenters.